The predicted molar refractivity (Wildman–Crippen MR) is 126 cm³/mol. The van der Waals surface area contributed by atoms with Crippen LogP contribution in [-0.4, -0.2) is 82.7 Å². The van der Waals surface area contributed by atoms with Crippen LogP contribution in [0.25, 0.3) is 0 Å². The van der Waals surface area contributed by atoms with Crippen LogP contribution in [0.1, 0.15) is 54.4 Å². The Bertz CT molecular complexity index is 1100. The van der Waals surface area contributed by atoms with Crippen LogP contribution in [0.15, 0.2) is 24.3 Å². The van der Waals surface area contributed by atoms with Gasteiger partial charge in [-0.3, -0.25) is 9.59 Å². The molecule has 4 atom stereocenters. The van der Waals surface area contributed by atoms with Crippen molar-refractivity contribution in [2.24, 2.45) is 11.7 Å². The predicted octanol–water partition coefficient (Wildman–Crippen LogP) is 3.21. The number of likely N-dealkylation sites (tertiary alicyclic amines) is 1. The molecule has 0 radical (unpaired) electrons. The van der Waals surface area contributed by atoms with Gasteiger partial charge in [-0.2, -0.15) is 26.3 Å². The van der Waals surface area contributed by atoms with Crippen molar-refractivity contribution >= 4 is 23.8 Å². The van der Waals surface area contributed by atoms with Crippen LogP contribution < -0.4 is 5.73 Å². The summed E-state index contributed by atoms with van der Waals surface area (Å²) in [5, 5.41) is 7.12. The van der Waals surface area contributed by atoms with E-state index in [-0.39, 0.29) is 35.4 Å². The Kier molecular flexibility index (Phi) is 9.37. The zero-order chi connectivity index (χ0) is 30.0. The third kappa shape index (κ3) is 6.85. The number of hydrogen-bond donors (Lipinski definition) is 2. The minimum absolute atomic E-state index is 0.114. The van der Waals surface area contributed by atoms with Crippen LogP contribution in [0, 0.1) is 5.92 Å². The average Bonchev–Trinajstić information content (AvgIpc) is 3.48. The first-order valence-corrected chi connectivity index (χ1v) is 12.5. The Morgan fingerprint density at radius 3 is 1.95 bits per heavy atom. The minimum atomic E-state index is -5.08. The molecule has 3 N–H and O–H groups in total. The number of benzene rings is 1. The molecule has 0 saturated carbocycles. The number of hydrogen-bond acceptors (Lipinski definition) is 6. The number of halogens is 6. The van der Waals surface area contributed by atoms with Crippen molar-refractivity contribution < 1.29 is 55.4 Å². The number of nitrogens with zero attached hydrogens (tertiary/aromatic N) is 2. The van der Waals surface area contributed by atoms with Crippen LogP contribution in [0.3, 0.4) is 0 Å². The summed E-state index contributed by atoms with van der Waals surface area (Å²) in [6.07, 6.45) is -5.64. The molecule has 15 heteroatoms. The number of carbonyl (C=O) groups is 4. The fourth-order valence-electron chi connectivity index (χ4n) is 5.60. The summed E-state index contributed by atoms with van der Waals surface area (Å²) in [4.78, 5) is 50.3. The fourth-order valence-corrected chi connectivity index (χ4v) is 5.60. The van der Waals surface area contributed by atoms with Gasteiger partial charge in [-0.05, 0) is 68.7 Å². The molecule has 1 aromatic carbocycles. The number of esters is 1. The molecule has 0 spiro atoms. The van der Waals surface area contributed by atoms with Crippen LogP contribution in [0.2, 0.25) is 0 Å². The summed E-state index contributed by atoms with van der Waals surface area (Å²) >= 11 is 0. The molecule has 9 nitrogen and oxygen atoms in total. The maximum absolute atomic E-state index is 13.1. The molecule has 3 aliphatic heterocycles. The largest absolute Gasteiger partial charge is 0.490 e. The summed E-state index contributed by atoms with van der Waals surface area (Å²) < 4.78 is 75.0. The van der Waals surface area contributed by atoms with Gasteiger partial charge >= 0.3 is 24.3 Å². The SMILES string of the molecule is COC(=O)[C@@H]1CCCN1C(=O)[C@@H](N)C1CC2CCC(C1)N2C(=O)c1ccc(C(F)(F)F)cc1.O=C(O)C(F)(F)F. The van der Waals surface area contributed by atoms with Crippen LogP contribution in [-0.2, 0) is 25.3 Å². The molecule has 2 amide bonds. The van der Waals surface area contributed by atoms with Crippen molar-refractivity contribution in [2.45, 2.75) is 75.0 Å². The highest BCUT2D eigenvalue weighted by molar-refractivity contribution is 5.95. The summed E-state index contributed by atoms with van der Waals surface area (Å²) in [5.74, 6) is -3.89. The number of alkyl halides is 6. The molecule has 2 bridgehead atoms. The molecule has 40 heavy (non-hydrogen) atoms. The van der Waals surface area contributed by atoms with E-state index in [4.69, 9.17) is 20.4 Å². The van der Waals surface area contributed by atoms with Crippen molar-refractivity contribution in [3.05, 3.63) is 35.4 Å². The average molecular weight is 582 g/mol. The van der Waals surface area contributed by atoms with Gasteiger partial charge in [0.05, 0.1) is 18.7 Å². The van der Waals surface area contributed by atoms with Crippen molar-refractivity contribution in [3.63, 3.8) is 0 Å². The highest BCUT2D eigenvalue weighted by atomic mass is 19.4. The lowest BCUT2D eigenvalue weighted by Crippen LogP contribution is -2.55. The third-order valence-electron chi connectivity index (χ3n) is 7.51. The smallest absolute Gasteiger partial charge is 0.475 e. The van der Waals surface area contributed by atoms with Gasteiger partial charge in [-0.25, -0.2) is 9.59 Å². The molecule has 1 aromatic rings. The molecule has 3 aliphatic rings. The molecule has 3 heterocycles. The van der Waals surface area contributed by atoms with Gasteiger partial charge in [0.15, 0.2) is 0 Å². The monoisotopic (exact) mass is 581 g/mol. The Hall–Kier alpha value is -3.36. The van der Waals surface area contributed by atoms with E-state index in [9.17, 15) is 40.7 Å². The summed E-state index contributed by atoms with van der Waals surface area (Å²) in [6, 6.07) is 2.66. The van der Waals surface area contributed by atoms with Crippen LogP contribution in [0.4, 0.5) is 26.3 Å². The van der Waals surface area contributed by atoms with E-state index in [2.05, 4.69) is 0 Å². The zero-order valence-electron chi connectivity index (χ0n) is 21.4. The van der Waals surface area contributed by atoms with Crippen molar-refractivity contribution in [1.29, 1.82) is 0 Å². The van der Waals surface area contributed by atoms with E-state index in [0.29, 0.717) is 32.2 Å². The number of piperidine rings is 1. The summed E-state index contributed by atoms with van der Waals surface area (Å²) in [7, 11) is 1.30. The maximum atomic E-state index is 13.1. The van der Waals surface area contributed by atoms with E-state index >= 15 is 0 Å². The van der Waals surface area contributed by atoms with E-state index in [1.54, 1.807) is 4.90 Å². The number of rotatable bonds is 4. The lowest BCUT2D eigenvalue weighted by Gasteiger charge is -2.41. The van der Waals surface area contributed by atoms with Gasteiger partial charge in [0.1, 0.15) is 6.04 Å². The van der Waals surface area contributed by atoms with Gasteiger partial charge in [-0.1, -0.05) is 0 Å². The number of aliphatic carboxylic acids is 1. The number of carboxylic acids is 1. The second kappa shape index (κ2) is 12.0. The molecule has 3 saturated heterocycles. The summed E-state index contributed by atoms with van der Waals surface area (Å²) in [5.41, 5.74) is 5.79. The van der Waals surface area contributed by atoms with Crippen molar-refractivity contribution in [1.82, 2.24) is 9.80 Å². The molecule has 0 aliphatic carbocycles. The number of amides is 2. The van der Waals surface area contributed by atoms with Gasteiger partial charge in [-0.15, -0.1) is 0 Å². The van der Waals surface area contributed by atoms with Gasteiger partial charge in [0.2, 0.25) is 5.91 Å². The standard InChI is InChI=1S/C23H28F3N3O4.C2HF3O2/c1-33-22(32)18-3-2-10-28(18)21(31)19(27)14-11-16-8-9-17(12-14)29(16)20(30)13-4-6-15(7-5-13)23(24,25)26;3-2(4,5)1(6)7/h4-7,14,16-19H,2-3,8-12,27H2,1H3;(H,6,7)/t14?,16?,17?,18-,19-;/m0./s1. The summed E-state index contributed by atoms with van der Waals surface area (Å²) in [6.45, 7) is 0.463. The third-order valence-corrected chi connectivity index (χ3v) is 7.51. The Balaban J connectivity index is 0.000000559. The van der Waals surface area contributed by atoms with Crippen LogP contribution in [0.5, 0.6) is 0 Å². The molecule has 3 fully saturated rings. The van der Waals surface area contributed by atoms with Crippen molar-refractivity contribution in [2.75, 3.05) is 13.7 Å². The molecule has 0 aromatic heterocycles. The number of methoxy groups -OCH3 is 1. The van der Waals surface area contributed by atoms with E-state index in [1.165, 1.54) is 24.1 Å². The van der Waals surface area contributed by atoms with E-state index in [0.717, 1.165) is 25.0 Å². The number of carbonyl (C=O) groups excluding carboxylic acids is 3. The molecule has 222 valence electrons. The number of carboxylic acid groups (broad SMARTS) is 1. The number of fused-ring (bicyclic) bond motifs is 2. The topological polar surface area (TPSA) is 130 Å². The Morgan fingerprint density at radius 2 is 1.50 bits per heavy atom. The van der Waals surface area contributed by atoms with E-state index < -0.39 is 41.9 Å². The normalized spacial score (nSPS) is 25.1. The first kappa shape index (κ1) is 31.2. The lowest BCUT2D eigenvalue weighted by molar-refractivity contribution is -0.192. The van der Waals surface area contributed by atoms with Gasteiger partial charge in [0, 0.05) is 24.2 Å². The maximum Gasteiger partial charge on any atom is 0.490 e. The second-order valence-electron chi connectivity index (χ2n) is 9.95. The Morgan fingerprint density at radius 1 is 0.975 bits per heavy atom. The van der Waals surface area contributed by atoms with Crippen molar-refractivity contribution in [3.8, 4) is 0 Å². The molecular weight excluding hydrogens is 552 g/mol. The molecule has 4 rings (SSSR count). The minimum Gasteiger partial charge on any atom is -0.475 e. The highest BCUT2D eigenvalue weighted by Gasteiger charge is 2.47. The lowest BCUT2D eigenvalue weighted by atomic mass is 9.84. The number of ether oxygens (including phenoxy) is 1. The fraction of sp³-hybridized carbons (Fsp3) is 0.600. The van der Waals surface area contributed by atoms with Gasteiger partial charge < -0.3 is 25.4 Å². The first-order chi connectivity index (χ1) is 18.6. The number of nitrogens with two attached hydrogens (primary N) is 1. The highest BCUT2D eigenvalue weighted by Crippen LogP contribution is 2.41. The van der Waals surface area contributed by atoms with Crippen LogP contribution >= 0.6 is 0 Å². The molecule has 2 unspecified atom stereocenters. The van der Waals surface area contributed by atoms with Gasteiger partial charge in [0.25, 0.3) is 5.91 Å². The Labute approximate surface area is 225 Å². The molecular formula is C25H29F6N3O6. The quantitative estimate of drug-likeness (QED) is 0.413. The zero-order valence-corrected chi connectivity index (χ0v) is 21.4. The second-order valence-corrected chi connectivity index (χ2v) is 9.95. The first-order valence-electron chi connectivity index (χ1n) is 12.5. The van der Waals surface area contributed by atoms with E-state index in [1.807, 2.05) is 0 Å².